The van der Waals surface area contributed by atoms with Gasteiger partial charge in [-0.25, -0.2) is 0 Å². The van der Waals surface area contributed by atoms with E-state index >= 15 is 0 Å². The number of hydrogen-bond acceptors (Lipinski definition) is 14. The minimum Gasteiger partial charge on any atom is -0.508 e. The Hall–Kier alpha value is -9.32. The van der Waals surface area contributed by atoms with Crippen molar-refractivity contribution in [3.8, 4) is 85.5 Å². The molecule has 18 heteroatoms. The summed E-state index contributed by atoms with van der Waals surface area (Å²) in [4.78, 5) is 37.4. The summed E-state index contributed by atoms with van der Waals surface area (Å²) in [6.07, 6.45) is 2.45. The highest BCUT2D eigenvalue weighted by Crippen LogP contribution is 2.44. The van der Waals surface area contributed by atoms with Gasteiger partial charge in [-0.15, -0.1) is 10.2 Å². The maximum Gasteiger partial charge on any atom is 0.251 e. The Morgan fingerprint density at radius 3 is 2.00 bits per heavy atom. The molecule has 0 saturated heterocycles. The van der Waals surface area contributed by atoms with Crippen LogP contribution in [0.1, 0.15) is 54.0 Å². The van der Waals surface area contributed by atoms with Crippen molar-refractivity contribution in [1.82, 2.24) is 30.6 Å². The lowest BCUT2D eigenvalue weighted by molar-refractivity contribution is -0.118. The van der Waals surface area contributed by atoms with E-state index in [2.05, 4.69) is 31.3 Å². The molecule has 0 aliphatic carbocycles. The molecule has 2 heterocycles. The van der Waals surface area contributed by atoms with E-state index in [1.807, 2.05) is 76.2 Å². The Balaban J connectivity index is 0.00000153. The Labute approximate surface area is 427 Å². The van der Waals surface area contributed by atoms with Gasteiger partial charge in [0.1, 0.15) is 40.6 Å². The molecule has 1 atom stereocenters. The molecule has 3 amide bonds. The van der Waals surface area contributed by atoms with Gasteiger partial charge in [0, 0.05) is 41.4 Å². The van der Waals surface area contributed by atoms with Crippen LogP contribution in [0, 0.1) is 6.92 Å². The van der Waals surface area contributed by atoms with Gasteiger partial charge in [-0.2, -0.15) is 0 Å². The number of nitrogens with one attached hydrogen (secondary N) is 3. The number of anilines is 1. The lowest BCUT2D eigenvalue weighted by atomic mass is 9.98. The van der Waals surface area contributed by atoms with Crippen LogP contribution < -0.4 is 39.6 Å². The summed E-state index contributed by atoms with van der Waals surface area (Å²) in [7, 11) is 6.08. The van der Waals surface area contributed by atoms with Crippen molar-refractivity contribution < 1.29 is 52.8 Å². The number of aryl methyl sites for hydroxylation is 1. The number of ether oxygens (including phenoxy) is 5. The normalized spacial score (nSPS) is 11.1. The zero-order valence-electron chi connectivity index (χ0n) is 42.1. The molecular weight excluding hydrogens is 947 g/mol. The predicted molar refractivity (Wildman–Crippen MR) is 279 cm³/mol. The maximum absolute atomic E-state index is 14.3. The highest BCUT2D eigenvalue weighted by molar-refractivity contribution is 6.02. The van der Waals surface area contributed by atoms with Crippen LogP contribution in [0.2, 0.25) is 0 Å². The highest BCUT2D eigenvalue weighted by Gasteiger charge is 2.26. The zero-order valence-corrected chi connectivity index (χ0v) is 42.1. The second-order valence-electron chi connectivity index (χ2n) is 16.9. The van der Waals surface area contributed by atoms with E-state index in [-0.39, 0.29) is 23.8 Å². The second kappa shape index (κ2) is 24.2. The van der Waals surface area contributed by atoms with Crippen LogP contribution in [0.15, 0.2) is 132 Å². The minimum absolute atomic E-state index is 0.00930. The van der Waals surface area contributed by atoms with E-state index in [9.17, 15) is 24.6 Å². The summed E-state index contributed by atoms with van der Waals surface area (Å²) >= 11 is 0. The van der Waals surface area contributed by atoms with E-state index < -0.39 is 17.9 Å². The summed E-state index contributed by atoms with van der Waals surface area (Å²) in [6, 6.07) is 34.1. The van der Waals surface area contributed by atoms with Gasteiger partial charge in [0.05, 0.1) is 45.9 Å². The number of hydrogen-bond donors (Lipinski definition) is 5. The molecule has 0 fully saturated rings. The number of benzene rings is 6. The van der Waals surface area contributed by atoms with Crippen LogP contribution in [0.25, 0.3) is 39.5 Å². The van der Waals surface area contributed by atoms with Gasteiger partial charge in [-0.1, -0.05) is 55.4 Å². The molecule has 2 aromatic heterocycles. The van der Waals surface area contributed by atoms with Crippen LogP contribution >= 0.6 is 0 Å². The molecule has 8 rings (SSSR count). The topological polar surface area (TPSA) is 231 Å². The van der Waals surface area contributed by atoms with Gasteiger partial charge in [0.2, 0.25) is 18.1 Å². The number of aromatic hydroxyl groups is 2. The Bertz CT molecular complexity index is 3180. The number of aromatic nitrogens is 4. The summed E-state index contributed by atoms with van der Waals surface area (Å²) in [5.41, 5.74) is 5.22. The van der Waals surface area contributed by atoms with Gasteiger partial charge in [-0.3, -0.25) is 19.0 Å². The van der Waals surface area contributed by atoms with E-state index in [0.29, 0.717) is 97.4 Å². The molecule has 0 bridgehead atoms. The van der Waals surface area contributed by atoms with Crippen molar-refractivity contribution in [2.24, 2.45) is 0 Å². The van der Waals surface area contributed by atoms with E-state index in [1.54, 1.807) is 77.5 Å². The number of phenolic OH excluding ortho intramolecular Hbond substituents is 2. The van der Waals surface area contributed by atoms with Crippen molar-refractivity contribution in [3.63, 3.8) is 0 Å². The quantitative estimate of drug-likeness (QED) is 0.0475. The summed E-state index contributed by atoms with van der Waals surface area (Å²) < 4.78 is 36.0. The number of nitrogens with zero attached hydrogens (tertiary/aromatic N) is 4. The number of amides is 3. The van der Waals surface area contributed by atoms with Crippen LogP contribution in [-0.2, 0) is 16.0 Å². The first-order valence-electron chi connectivity index (χ1n) is 23.4. The average molecular weight is 1000 g/mol. The molecule has 6 aromatic carbocycles. The number of methoxy groups -OCH3 is 4. The van der Waals surface area contributed by atoms with Crippen molar-refractivity contribution in [3.05, 3.63) is 150 Å². The fourth-order valence-electron chi connectivity index (χ4n) is 8.00. The van der Waals surface area contributed by atoms with Gasteiger partial charge in [0.25, 0.3) is 5.91 Å². The fourth-order valence-corrected chi connectivity index (χ4v) is 8.00. The van der Waals surface area contributed by atoms with E-state index in [1.165, 1.54) is 34.5 Å². The first-order chi connectivity index (χ1) is 35.8. The number of phenols is 2. The van der Waals surface area contributed by atoms with Crippen molar-refractivity contribution in [1.29, 1.82) is 0 Å². The van der Waals surface area contributed by atoms with Crippen LogP contribution in [0.3, 0.4) is 0 Å². The van der Waals surface area contributed by atoms with E-state index in [4.69, 9.17) is 28.2 Å². The Kier molecular flexibility index (Phi) is 17.2. The minimum atomic E-state index is -1.00. The number of carbonyl (C=O) groups excluding carboxylic acids is 3. The molecule has 0 aliphatic rings. The fraction of sp³-hybridized carbons (Fsp3) is 0.214. The second-order valence-corrected chi connectivity index (χ2v) is 16.9. The lowest BCUT2D eigenvalue weighted by Crippen LogP contribution is -2.45. The molecule has 0 radical (unpaired) electrons. The van der Waals surface area contributed by atoms with Gasteiger partial charge in [0.15, 0.2) is 23.1 Å². The lowest BCUT2D eigenvalue weighted by Gasteiger charge is -2.20. The molecule has 8 aromatic rings. The van der Waals surface area contributed by atoms with Crippen molar-refractivity contribution in [2.75, 3.05) is 40.3 Å². The SMILES string of the molecule is CCNC=O.COc1ccc(-c2cnoc2-c2cc(OC)c(OC)c(OC)c2)cc1NC(=O)C(Cc1ccccc1)NC(=O)c1ccc(Oc2ccc(-n3c(C)nnc3-c3cc(C(C)C)c(O)cc3O)cc2)cc1. The zero-order chi connectivity index (χ0) is 52.9. The van der Waals surface area contributed by atoms with E-state index in [0.717, 1.165) is 17.8 Å². The molecule has 382 valence electrons. The van der Waals surface area contributed by atoms with Crippen LogP contribution in [0.4, 0.5) is 5.69 Å². The third-order valence-corrected chi connectivity index (χ3v) is 11.7. The standard InChI is InChI=1S/C53H50N6O10.C3H7NO/c1-30(2)39-27-40(45(61)28-44(39)60)51-58-57-31(3)59(51)36-16-20-38(21-17-36)68-37-18-13-33(14-19-37)52(62)56-43(23-32-11-9-8-10-12-32)53(63)55-42-24-34(15-22-46(42)64-4)41-29-54-69-49(41)35-25-47(65-5)50(67-7)48(26-35)66-6;1-2-4-3-5/h8-22,24-30,43,60-61H,23H2,1-7H3,(H,55,63)(H,56,62);3H,2H2,1H3,(H,4,5). The summed E-state index contributed by atoms with van der Waals surface area (Å²) in [5.74, 6) is 3.06. The van der Waals surface area contributed by atoms with Crippen LogP contribution in [-0.4, -0.2) is 89.4 Å². The molecule has 1 unspecified atom stereocenters. The van der Waals surface area contributed by atoms with Crippen molar-refractivity contribution in [2.45, 2.75) is 46.1 Å². The summed E-state index contributed by atoms with van der Waals surface area (Å²) in [5, 5.41) is 42.2. The molecule has 0 saturated carbocycles. The number of rotatable bonds is 19. The monoisotopic (exact) mass is 1000 g/mol. The van der Waals surface area contributed by atoms with Crippen LogP contribution in [0.5, 0.6) is 46.0 Å². The number of carbonyl (C=O) groups is 3. The Morgan fingerprint density at radius 1 is 0.743 bits per heavy atom. The van der Waals surface area contributed by atoms with Gasteiger partial charge >= 0.3 is 0 Å². The molecule has 74 heavy (non-hydrogen) atoms. The van der Waals surface area contributed by atoms with Gasteiger partial charge < -0.3 is 54.4 Å². The molecule has 0 aliphatic heterocycles. The smallest absolute Gasteiger partial charge is 0.251 e. The Morgan fingerprint density at radius 2 is 1.41 bits per heavy atom. The van der Waals surface area contributed by atoms with Gasteiger partial charge in [-0.05, 0) is 115 Å². The highest BCUT2D eigenvalue weighted by atomic mass is 16.5. The largest absolute Gasteiger partial charge is 0.508 e. The summed E-state index contributed by atoms with van der Waals surface area (Å²) in [6.45, 7) is 8.31. The third kappa shape index (κ3) is 12.0. The predicted octanol–water partition coefficient (Wildman–Crippen LogP) is 9.66. The molecular formula is C56H57N7O11. The average Bonchev–Trinajstić information content (AvgIpc) is 4.06. The first-order valence-corrected chi connectivity index (χ1v) is 23.4. The maximum atomic E-state index is 14.3. The molecule has 0 spiro atoms. The van der Waals surface area contributed by atoms with Crippen molar-refractivity contribution >= 4 is 23.9 Å². The third-order valence-electron chi connectivity index (χ3n) is 11.7. The molecule has 5 N–H and O–H groups in total. The first kappa shape index (κ1) is 52.5. The molecule has 18 nitrogen and oxygen atoms in total.